The van der Waals surface area contributed by atoms with E-state index < -0.39 is 0 Å². The number of aliphatic hydroxyl groups is 1. The van der Waals surface area contributed by atoms with Gasteiger partial charge in [0.05, 0.1) is 6.61 Å². The van der Waals surface area contributed by atoms with E-state index in [0.717, 1.165) is 5.56 Å². The molecule has 0 saturated heterocycles. The van der Waals surface area contributed by atoms with Gasteiger partial charge in [0.25, 0.3) is 0 Å². The van der Waals surface area contributed by atoms with E-state index in [9.17, 15) is 0 Å². The van der Waals surface area contributed by atoms with E-state index in [2.05, 4.69) is 4.98 Å². The number of pyridine rings is 1. The maximum atomic E-state index is 8.73. The molecule has 0 aliphatic rings. The smallest absolute Gasteiger partial charge is 0.134 e. The molecule has 0 radical (unpaired) electrons. The molecule has 1 rings (SSSR count). The molecule has 0 fully saturated rings. The van der Waals surface area contributed by atoms with Gasteiger partial charge in [-0.2, -0.15) is 0 Å². The summed E-state index contributed by atoms with van der Waals surface area (Å²) in [5.74, 6) is 0. The van der Waals surface area contributed by atoms with Crippen LogP contribution in [-0.4, -0.2) is 22.7 Å². The Bertz CT molecular complexity index is 293. The van der Waals surface area contributed by atoms with Gasteiger partial charge in [0.2, 0.25) is 0 Å². The van der Waals surface area contributed by atoms with Gasteiger partial charge in [-0.05, 0) is 18.1 Å². The summed E-state index contributed by atoms with van der Waals surface area (Å²) in [7, 11) is 0. The second-order valence-corrected chi connectivity index (χ2v) is 3.48. The minimum atomic E-state index is -0.305. The molecule has 0 amide bonds. The molecule has 13 heavy (non-hydrogen) atoms. The Morgan fingerprint density at radius 3 is 2.69 bits per heavy atom. The summed E-state index contributed by atoms with van der Waals surface area (Å²) in [4.78, 5) is 3.85. The zero-order valence-corrected chi connectivity index (χ0v) is 8.39. The molecule has 3 N–H and O–H groups in total. The van der Waals surface area contributed by atoms with Gasteiger partial charge in [-0.25, -0.2) is 4.98 Å². The average Bonchev–Trinajstić information content (AvgIpc) is 2.09. The Morgan fingerprint density at radius 2 is 2.15 bits per heavy atom. The predicted octanol–water partition coefficient (Wildman–Crippen LogP) is 1.25. The van der Waals surface area contributed by atoms with Crippen LogP contribution in [-0.2, 0) is 6.42 Å². The van der Waals surface area contributed by atoms with Gasteiger partial charge in [0.15, 0.2) is 0 Å². The highest BCUT2D eigenvalue weighted by molar-refractivity contribution is 6.32. The Hall–Kier alpha value is -0.350. The summed E-state index contributed by atoms with van der Waals surface area (Å²) < 4.78 is 0. The summed E-state index contributed by atoms with van der Waals surface area (Å²) in [6.45, 7) is -0.0705. The van der Waals surface area contributed by atoms with Crippen molar-refractivity contribution in [1.29, 1.82) is 0 Å². The van der Waals surface area contributed by atoms with E-state index in [4.69, 9.17) is 34.0 Å². The van der Waals surface area contributed by atoms with Gasteiger partial charge >= 0.3 is 0 Å². The van der Waals surface area contributed by atoms with Crippen LogP contribution in [0.3, 0.4) is 0 Å². The van der Waals surface area contributed by atoms with Crippen LogP contribution in [0.4, 0.5) is 0 Å². The number of aromatic nitrogens is 1. The number of aliphatic hydroxyl groups excluding tert-OH is 1. The van der Waals surface area contributed by atoms with Gasteiger partial charge < -0.3 is 10.8 Å². The van der Waals surface area contributed by atoms with E-state index >= 15 is 0 Å². The standard InChI is InChI=1S/C8H10Cl2N2O/c9-7-2-1-5(8(10)12-7)3-6(11)4-13/h1-2,6,13H,3-4,11H2. The molecule has 0 bridgehead atoms. The monoisotopic (exact) mass is 220 g/mol. The minimum Gasteiger partial charge on any atom is -0.395 e. The van der Waals surface area contributed by atoms with Crippen LogP contribution in [0.25, 0.3) is 0 Å². The average molecular weight is 221 g/mol. The predicted molar refractivity (Wildman–Crippen MR) is 53.0 cm³/mol. The molecule has 0 aromatic carbocycles. The van der Waals surface area contributed by atoms with Crippen molar-refractivity contribution in [2.45, 2.75) is 12.5 Å². The third kappa shape index (κ3) is 3.12. The molecule has 0 spiro atoms. The first-order valence-corrected chi connectivity index (χ1v) is 4.56. The summed E-state index contributed by atoms with van der Waals surface area (Å²) in [6.07, 6.45) is 0.500. The molecular formula is C8H10Cl2N2O. The van der Waals surface area contributed by atoms with Crippen LogP contribution in [0.2, 0.25) is 10.3 Å². The molecule has 72 valence electrons. The highest BCUT2D eigenvalue weighted by atomic mass is 35.5. The fourth-order valence-electron chi connectivity index (χ4n) is 0.940. The van der Waals surface area contributed by atoms with Gasteiger partial charge in [-0.15, -0.1) is 0 Å². The number of hydrogen-bond acceptors (Lipinski definition) is 3. The summed E-state index contributed by atoms with van der Waals surface area (Å²) in [6, 6.07) is 3.10. The molecule has 3 nitrogen and oxygen atoms in total. The van der Waals surface area contributed by atoms with Crippen LogP contribution in [0, 0.1) is 0 Å². The molecule has 1 atom stereocenters. The van der Waals surface area contributed by atoms with Crippen molar-refractivity contribution in [2.75, 3.05) is 6.61 Å². The van der Waals surface area contributed by atoms with Crippen molar-refractivity contribution in [1.82, 2.24) is 4.98 Å². The normalized spacial score (nSPS) is 12.9. The summed E-state index contributed by atoms with van der Waals surface area (Å²) in [5.41, 5.74) is 6.34. The Labute approximate surface area is 86.5 Å². The second-order valence-electron chi connectivity index (χ2n) is 2.73. The molecule has 1 unspecified atom stereocenters. The van der Waals surface area contributed by atoms with Crippen LogP contribution in [0.15, 0.2) is 12.1 Å². The van der Waals surface area contributed by atoms with Crippen molar-refractivity contribution in [3.8, 4) is 0 Å². The first-order valence-electron chi connectivity index (χ1n) is 3.81. The Kier molecular flexibility index (Phi) is 3.93. The van der Waals surface area contributed by atoms with Crippen molar-refractivity contribution in [3.63, 3.8) is 0 Å². The quantitative estimate of drug-likeness (QED) is 0.755. The van der Waals surface area contributed by atoms with Gasteiger partial charge in [0, 0.05) is 6.04 Å². The van der Waals surface area contributed by atoms with Crippen molar-refractivity contribution in [2.24, 2.45) is 5.73 Å². The van der Waals surface area contributed by atoms with Crippen LogP contribution >= 0.6 is 23.2 Å². The zero-order valence-electron chi connectivity index (χ0n) is 6.87. The van der Waals surface area contributed by atoms with Crippen molar-refractivity contribution in [3.05, 3.63) is 28.0 Å². The third-order valence-electron chi connectivity index (χ3n) is 1.61. The Balaban J connectivity index is 2.77. The number of nitrogens with two attached hydrogens (primary N) is 1. The Morgan fingerprint density at radius 1 is 1.46 bits per heavy atom. The van der Waals surface area contributed by atoms with Crippen LogP contribution < -0.4 is 5.73 Å². The van der Waals surface area contributed by atoms with E-state index in [0.29, 0.717) is 16.7 Å². The van der Waals surface area contributed by atoms with Crippen LogP contribution in [0.1, 0.15) is 5.56 Å². The number of rotatable bonds is 3. The first kappa shape index (κ1) is 10.7. The lowest BCUT2D eigenvalue weighted by Crippen LogP contribution is -2.27. The molecule has 0 aliphatic carbocycles. The topological polar surface area (TPSA) is 59.1 Å². The second kappa shape index (κ2) is 4.77. The fourth-order valence-corrected chi connectivity index (χ4v) is 1.36. The van der Waals surface area contributed by atoms with Crippen molar-refractivity contribution >= 4 is 23.2 Å². The van der Waals surface area contributed by atoms with Gasteiger partial charge in [-0.1, -0.05) is 29.3 Å². The van der Waals surface area contributed by atoms with E-state index in [-0.39, 0.29) is 12.6 Å². The lowest BCUT2D eigenvalue weighted by Gasteiger charge is -2.08. The molecular weight excluding hydrogens is 211 g/mol. The lowest BCUT2D eigenvalue weighted by atomic mass is 10.1. The number of halogens is 2. The van der Waals surface area contributed by atoms with E-state index in [1.807, 2.05) is 0 Å². The maximum absolute atomic E-state index is 8.73. The SMILES string of the molecule is NC(CO)Cc1ccc(Cl)nc1Cl. The summed E-state index contributed by atoms with van der Waals surface area (Å²) >= 11 is 11.4. The molecule has 0 saturated carbocycles. The number of nitrogens with zero attached hydrogens (tertiary/aromatic N) is 1. The molecule has 1 aromatic rings. The van der Waals surface area contributed by atoms with E-state index in [1.54, 1.807) is 12.1 Å². The molecule has 5 heteroatoms. The van der Waals surface area contributed by atoms with Gasteiger partial charge in [0.1, 0.15) is 10.3 Å². The number of hydrogen-bond donors (Lipinski definition) is 2. The van der Waals surface area contributed by atoms with Crippen molar-refractivity contribution < 1.29 is 5.11 Å². The molecule has 1 heterocycles. The molecule has 0 aliphatic heterocycles. The fraction of sp³-hybridized carbons (Fsp3) is 0.375. The lowest BCUT2D eigenvalue weighted by molar-refractivity contribution is 0.265. The zero-order chi connectivity index (χ0) is 9.84. The third-order valence-corrected chi connectivity index (χ3v) is 2.15. The maximum Gasteiger partial charge on any atom is 0.134 e. The van der Waals surface area contributed by atoms with Crippen LogP contribution in [0.5, 0.6) is 0 Å². The largest absolute Gasteiger partial charge is 0.395 e. The highest BCUT2D eigenvalue weighted by Crippen LogP contribution is 2.17. The van der Waals surface area contributed by atoms with E-state index in [1.165, 1.54) is 0 Å². The first-order chi connectivity index (χ1) is 6.13. The molecule has 1 aromatic heterocycles. The summed E-state index contributed by atoms with van der Waals surface area (Å²) in [5, 5.41) is 9.42. The van der Waals surface area contributed by atoms with Gasteiger partial charge in [-0.3, -0.25) is 0 Å². The minimum absolute atomic E-state index is 0.0705. The highest BCUT2D eigenvalue weighted by Gasteiger charge is 2.07.